The number of Topliss-reactive ketones (excluding diaryl/α,β-unsaturated/α-hetero) is 1. The number of hydrogen-bond donors (Lipinski definition) is 0. The molecule has 22 heavy (non-hydrogen) atoms. The molecule has 1 spiro atoms. The SMILES string of the molecule is CCOC(=O)C1=C2CC3C(=O)CC[C@@]3(C)CCC23C=CC1O3. The Morgan fingerprint density at radius 3 is 3.00 bits per heavy atom. The van der Waals surface area contributed by atoms with E-state index in [2.05, 4.69) is 13.0 Å². The van der Waals surface area contributed by atoms with Crippen LogP contribution in [0.4, 0.5) is 0 Å². The Kier molecular flexibility index (Phi) is 2.93. The normalized spacial score (nSPS) is 42.4. The van der Waals surface area contributed by atoms with E-state index in [4.69, 9.17) is 9.47 Å². The van der Waals surface area contributed by atoms with E-state index in [1.165, 1.54) is 0 Å². The minimum atomic E-state index is -0.458. The molecule has 2 heterocycles. The van der Waals surface area contributed by atoms with Crippen LogP contribution in [-0.2, 0) is 19.1 Å². The van der Waals surface area contributed by atoms with Gasteiger partial charge in [0.05, 0.1) is 12.2 Å². The summed E-state index contributed by atoms with van der Waals surface area (Å²) in [6.45, 7) is 4.40. The average Bonchev–Trinajstić information content (AvgIpc) is 3.09. The summed E-state index contributed by atoms with van der Waals surface area (Å²) in [6.07, 6.45) is 7.92. The van der Waals surface area contributed by atoms with Crippen LogP contribution in [0.25, 0.3) is 0 Å². The summed E-state index contributed by atoms with van der Waals surface area (Å²) < 4.78 is 11.4. The molecule has 2 fully saturated rings. The van der Waals surface area contributed by atoms with Crippen molar-refractivity contribution in [1.82, 2.24) is 0 Å². The molecular formula is C18H22O4. The van der Waals surface area contributed by atoms with Gasteiger partial charge in [0.15, 0.2) is 0 Å². The molecule has 4 heteroatoms. The zero-order valence-corrected chi connectivity index (χ0v) is 13.2. The zero-order valence-electron chi connectivity index (χ0n) is 13.2. The van der Waals surface area contributed by atoms with E-state index >= 15 is 0 Å². The van der Waals surface area contributed by atoms with E-state index in [1.54, 1.807) is 0 Å². The van der Waals surface area contributed by atoms with E-state index in [1.807, 2.05) is 13.0 Å². The van der Waals surface area contributed by atoms with Gasteiger partial charge in [-0.15, -0.1) is 0 Å². The molecule has 2 bridgehead atoms. The standard InChI is InChI=1S/C18H22O4/c1-3-21-16(20)15-12-10-11-13(19)4-6-17(11,2)8-9-18(12)7-5-14(15)22-18/h5,7,11,14H,3-4,6,8-10H2,1-2H3/t11?,14?,17-,18?/m0/s1. The van der Waals surface area contributed by atoms with Gasteiger partial charge in [-0.2, -0.15) is 0 Å². The number of ether oxygens (including phenoxy) is 2. The van der Waals surface area contributed by atoms with Gasteiger partial charge >= 0.3 is 5.97 Å². The molecule has 118 valence electrons. The van der Waals surface area contributed by atoms with Crippen molar-refractivity contribution in [2.75, 3.05) is 6.61 Å². The van der Waals surface area contributed by atoms with Crippen LogP contribution in [-0.4, -0.2) is 30.1 Å². The molecule has 0 aromatic heterocycles. The minimum absolute atomic E-state index is 0.0302. The highest BCUT2D eigenvalue weighted by molar-refractivity contribution is 5.94. The van der Waals surface area contributed by atoms with Gasteiger partial charge in [0.25, 0.3) is 0 Å². The highest BCUT2D eigenvalue weighted by Crippen LogP contribution is 2.58. The minimum Gasteiger partial charge on any atom is -0.463 e. The smallest absolute Gasteiger partial charge is 0.337 e. The Labute approximate surface area is 130 Å². The fourth-order valence-electron chi connectivity index (χ4n) is 4.78. The molecule has 0 amide bonds. The monoisotopic (exact) mass is 302 g/mol. The summed E-state index contributed by atoms with van der Waals surface area (Å²) in [5.41, 5.74) is 1.27. The van der Waals surface area contributed by atoms with Gasteiger partial charge in [-0.25, -0.2) is 4.79 Å². The predicted octanol–water partition coefficient (Wildman–Crippen LogP) is 2.72. The molecular weight excluding hydrogens is 280 g/mol. The van der Waals surface area contributed by atoms with Crippen LogP contribution in [0, 0.1) is 11.3 Å². The van der Waals surface area contributed by atoms with Crippen LogP contribution in [0.15, 0.2) is 23.3 Å². The van der Waals surface area contributed by atoms with Crippen molar-refractivity contribution in [2.24, 2.45) is 11.3 Å². The Morgan fingerprint density at radius 2 is 2.23 bits per heavy atom. The number of rotatable bonds is 2. The lowest BCUT2D eigenvalue weighted by atomic mass is 9.75. The number of hydrogen-bond acceptors (Lipinski definition) is 4. The Hall–Kier alpha value is -1.42. The molecule has 3 unspecified atom stereocenters. The molecule has 4 rings (SSSR count). The van der Waals surface area contributed by atoms with Gasteiger partial charge in [-0.3, -0.25) is 4.79 Å². The Bertz CT molecular complexity index is 617. The summed E-state index contributed by atoms with van der Waals surface area (Å²) in [5, 5.41) is 0. The van der Waals surface area contributed by atoms with Crippen LogP contribution in [0.1, 0.15) is 46.0 Å². The maximum Gasteiger partial charge on any atom is 0.337 e. The zero-order chi connectivity index (χ0) is 15.5. The second kappa shape index (κ2) is 4.54. The van der Waals surface area contributed by atoms with Crippen LogP contribution >= 0.6 is 0 Å². The molecule has 0 radical (unpaired) electrons. The third-order valence-corrected chi connectivity index (χ3v) is 6.14. The lowest BCUT2D eigenvalue weighted by Crippen LogP contribution is -2.27. The van der Waals surface area contributed by atoms with Crippen molar-refractivity contribution < 1.29 is 19.1 Å². The third kappa shape index (κ3) is 1.73. The van der Waals surface area contributed by atoms with E-state index in [9.17, 15) is 9.59 Å². The van der Waals surface area contributed by atoms with E-state index < -0.39 is 5.60 Å². The maximum atomic E-state index is 12.4. The van der Waals surface area contributed by atoms with Crippen molar-refractivity contribution in [2.45, 2.75) is 57.7 Å². The van der Waals surface area contributed by atoms with Crippen molar-refractivity contribution in [1.29, 1.82) is 0 Å². The quantitative estimate of drug-likeness (QED) is 0.581. The van der Waals surface area contributed by atoms with Gasteiger partial charge in [-0.1, -0.05) is 13.0 Å². The van der Waals surface area contributed by atoms with Crippen molar-refractivity contribution in [3.63, 3.8) is 0 Å². The molecule has 4 nitrogen and oxygen atoms in total. The lowest BCUT2D eigenvalue weighted by Gasteiger charge is -2.28. The topological polar surface area (TPSA) is 52.6 Å². The van der Waals surface area contributed by atoms with Crippen LogP contribution in [0.3, 0.4) is 0 Å². The lowest BCUT2D eigenvalue weighted by molar-refractivity contribution is -0.139. The fraction of sp³-hybridized carbons (Fsp3) is 0.667. The fourth-order valence-corrected chi connectivity index (χ4v) is 4.78. The molecule has 4 atom stereocenters. The van der Waals surface area contributed by atoms with Crippen LogP contribution in [0.5, 0.6) is 0 Å². The van der Waals surface area contributed by atoms with E-state index in [0.29, 0.717) is 30.8 Å². The van der Waals surface area contributed by atoms with Gasteiger partial charge in [-0.05, 0) is 49.7 Å². The third-order valence-electron chi connectivity index (χ3n) is 6.14. The van der Waals surface area contributed by atoms with Crippen LogP contribution in [0.2, 0.25) is 0 Å². The maximum absolute atomic E-state index is 12.4. The van der Waals surface area contributed by atoms with Gasteiger partial charge in [0.2, 0.25) is 0 Å². The van der Waals surface area contributed by atoms with Crippen molar-refractivity contribution >= 4 is 11.8 Å². The van der Waals surface area contributed by atoms with Gasteiger partial charge in [0.1, 0.15) is 17.5 Å². The number of carbonyl (C=O) groups is 2. The first-order chi connectivity index (χ1) is 10.5. The molecule has 0 aromatic carbocycles. The van der Waals surface area contributed by atoms with E-state index in [0.717, 1.165) is 24.8 Å². The second-order valence-electron chi connectivity index (χ2n) is 7.28. The molecule has 0 N–H and O–H groups in total. The summed E-state index contributed by atoms with van der Waals surface area (Å²) in [5.74, 6) is 0.104. The van der Waals surface area contributed by atoms with E-state index in [-0.39, 0.29) is 23.4 Å². The first-order valence-corrected chi connectivity index (χ1v) is 8.30. The van der Waals surface area contributed by atoms with Gasteiger partial charge in [0, 0.05) is 12.3 Å². The highest BCUT2D eigenvalue weighted by Gasteiger charge is 2.57. The number of ketones is 1. The van der Waals surface area contributed by atoms with Gasteiger partial charge < -0.3 is 9.47 Å². The molecule has 0 saturated heterocycles. The average molecular weight is 302 g/mol. The summed E-state index contributed by atoms with van der Waals surface area (Å²) in [4.78, 5) is 24.7. The highest BCUT2D eigenvalue weighted by atomic mass is 16.5. The number of carbonyl (C=O) groups excluding carboxylic acids is 2. The summed E-state index contributed by atoms with van der Waals surface area (Å²) in [6, 6.07) is 0. The predicted molar refractivity (Wildman–Crippen MR) is 80.1 cm³/mol. The molecule has 0 aromatic rings. The Morgan fingerprint density at radius 1 is 1.41 bits per heavy atom. The summed E-state index contributed by atoms with van der Waals surface area (Å²) in [7, 11) is 0. The van der Waals surface area contributed by atoms with Crippen molar-refractivity contribution in [3.8, 4) is 0 Å². The first-order valence-electron chi connectivity index (χ1n) is 8.30. The number of esters is 1. The Balaban J connectivity index is 1.78. The molecule has 2 aliphatic heterocycles. The van der Waals surface area contributed by atoms with Crippen molar-refractivity contribution in [3.05, 3.63) is 23.3 Å². The number of fused-ring (bicyclic) bond motifs is 2. The molecule has 4 aliphatic rings. The van der Waals surface area contributed by atoms with Crippen LogP contribution < -0.4 is 0 Å². The molecule has 2 aliphatic carbocycles. The second-order valence-corrected chi connectivity index (χ2v) is 7.28. The first kappa shape index (κ1) is 14.2. The molecule has 2 saturated carbocycles. The largest absolute Gasteiger partial charge is 0.463 e. The summed E-state index contributed by atoms with van der Waals surface area (Å²) >= 11 is 0.